The molecule has 160 valence electrons. The molecule has 33 heavy (non-hydrogen) atoms. The van der Waals surface area contributed by atoms with Gasteiger partial charge in [0.1, 0.15) is 12.3 Å². The number of fused-ring (bicyclic) bond motifs is 1. The Morgan fingerprint density at radius 2 is 1.88 bits per heavy atom. The van der Waals surface area contributed by atoms with Crippen molar-refractivity contribution in [2.24, 2.45) is 0 Å². The molecule has 0 atom stereocenters. The number of carbonyl (C=O) groups excluding carboxylic acids is 1. The van der Waals surface area contributed by atoms with Crippen molar-refractivity contribution in [3.8, 4) is 17.3 Å². The number of nitriles is 1. The molecule has 3 heterocycles. The predicted octanol–water partition coefficient (Wildman–Crippen LogP) is 4.54. The highest BCUT2D eigenvalue weighted by Crippen LogP contribution is 2.25. The second kappa shape index (κ2) is 8.81. The van der Waals surface area contributed by atoms with Crippen molar-refractivity contribution in [3.05, 3.63) is 108 Å². The van der Waals surface area contributed by atoms with Crippen LogP contribution in [-0.4, -0.2) is 20.7 Å². The Kier molecular flexibility index (Phi) is 5.40. The van der Waals surface area contributed by atoms with Gasteiger partial charge < -0.3 is 9.73 Å². The molecule has 0 saturated heterocycles. The molecule has 7 nitrogen and oxygen atoms in total. The normalized spacial score (nSPS) is 10.8. The van der Waals surface area contributed by atoms with Crippen LogP contribution in [0.25, 0.3) is 22.3 Å². The molecule has 0 aliphatic heterocycles. The van der Waals surface area contributed by atoms with Gasteiger partial charge in [-0.3, -0.25) is 4.79 Å². The summed E-state index contributed by atoms with van der Waals surface area (Å²) in [5, 5.41) is 17.1. The largest absolute Gasteiger partial charge is 0.467 e. The average Bonchev–Trinajstić information content (AvgIpc) is 3.53. The molecule has 0 aliphatic carbocycles. The first kappa shape index (κ1) is 20.2. The fourth-order valence-electron chi connectivity index (χ4n) is 3.63. The number of benzene rings is 2. The zero-order valence-electron chi connectivity index (χ0n) is 17.6. The molecule has 5 aromatic rings. The van der Waals surface area contributed by atoms with Crippen LogP contribution in [0.15, 0.2) is 89.7 Å². The average molecular weight is 433 g/mol. The van der Waals surface area contributed by atoms with Gasteiger partial charge in [-0.15, -0.1) is 0 Å². The zero-order valence-corrected chi connectivity index (χ0v) is 17.6. The van der Waals surface area contributed by atoms with Gasteiger partial charge in [-0.2, -0.15) is 10.4 Å². The second-order valence-electron chi connectivity index (χ2n) is 7.53. The molecule has 0 unspecified atom stereocenters. The lowest BCUT2D eigenvalue weighted by molar-refractivity contribution is 0.0952. The van der Waals surface area contributed by atoms with E-state index >= 15 is 0 Å². The third kappa shape index (κ3) is 4.23. The highest BCUT2D eigenvalue weighted by Gasteiger charge is 2.18. The highest BCUT2D eigenvalue weighted by molar-refractivity contribution is 6.06. The number of hydrogen-bond donors (Lipinski definition) is 1. The van der Waals surface area contributed by atoms with E-state index in [0.717, 1.165) is 16.9 Å². The Hall–Kier alpha value is -4.70. The molecule has 7 heteroatoms. The minimum Gasteiger partial charge on any atom is -0.467 e. The fraction of sp³-hybridized carbons (Fsp3) is 0.0769. The third-order valence-corrected chi connectivity index (χ3v) is 5.35. The molecule has 0 bridgehead atoms. The summed E-state index contributed by atoms with van der Waals surface area (Å²) < 4.78 is 7.20. The van der Waals surface area contributed by atoms with Gasteiger partial charge in [-0.1, -0.05) is 42.5 Å². The van der Waals surface area contributed by atoms with E-state index in [4.69, 9.17) is 14.7 Å². The van der Waals surface area contributed by atoms with Crippen LogP contribution in [0.4, 0.5) is 0 Å². The summed E-state index contributed by atoms with van der Waals surface area (Å²) in [7, 11) is 0. The van der Waals surface area contributed by atoms with E-state index < -0.39 is 0 Å². The summed E-state index contributed by atoms with van der Waals surface area (Å²) in [5.41, 5.74) is 4.19. The number of pyridine rings is 1. The van der Waals surface area contributed by atoms with Gasteiger partial charge in [0.15, 0.2) is 5.65 Å². The van der Waals surface area contributed by atoms with Crippen molar-refractivity contribution >= 4 is 16.9 Å². The minimum absolute atomic E-state index is 0.221. The SMILES string of the molecule is N#Cc1ccc(CNC(=O)c2cc(-c3ccccc3)nc3c2cnn3Cc2ccco2)cc1. The van der Waals surface area contributed by atoms with Crippen molar-refractivity contribution in [2.45, 2.75) is 13.1 Å². The van der Waals surface area contributed by atoms with Gasteiger partial charge in [-0.05, 0) is 35.9 Å². The van der Waals surface area contributed by atoms with Crippen LogP contribution in [-0.2, 0) is 13.1 Å². The maximum Gasteiger partial charge on any atom is 0.252 e. The molecule has 0 radical (unpaired) electrons. The molecule has 2 aromatic carbocycles. The Morgan fingerprint density at radius 3 is 2.61 bits per heavy atom. The summed E-state index contributed by atoms with van der Waals surface area (Å²) >= 11 is 0. The van der Waals surface area contributed by atoms with E-state index in [1.165, 1.54) is 0 Å². The lowest BCUT2D eigenvalue weighted by atomic mass is 10.1. The van der Waals surface area contributed by atoms with Crippen LogP contribution in [0.5, 0.6) is 0 Å². The van der Waals surface area contributed by atoms with E-state index in [-0.39, 0.29) is 5.91 Å². The van der Waals surface area contributed by atoms with Crippen molar-refractivity contribution in [1.82, 2.24) is 20.1 Å². The molecule has 0 saturated carbocycles. The Balaban J connectivity index is 1.51. The lowest BCUT2D eigenvalue weighted by Crippen LogP contribution is -2.23. The quantitative estimate of drug-likeness (QED) is 0.424. The number of nitrogens with one attached hydrogen (secondary N) is 1. The summed E-state index contributed by atoms with van der Waals surface area (Å²) in [6.45, 7) is 0.754. The molecule has 0 spiro atoms. The van der Waals surface area contributed by atoms with Crippen molar-refractivity contribution in [1.29, 1.82) is 5.26 Å². The first-order valence-electron chi connectivity index (χ1n) is 10.4. The number of amides is 1. The van der Waals surface area contributed by atoms with Gasteiger partial charge in [0, 0.05) is 12.1 Å². The lowest BCUT2D eigenvalue weighted by Gasteiger charge is -2.10. The van der Waals surface area contributed by atoms with Crippen LogP contribution in [0.3, 0.4) is 0 Å². The van der Waals surface area contributed by atoms with Crippen LogP contribution in [0, 0.1) is 11.3 Å². The number of carbonyl (C=O) groups is 1. The van der Waals surface area contributed by atoms with Crippen LogP contribution >= 0.6 is 0 Å². The molecular formula is C26H19N5O2. The van der Waals surface area contributed by atoms with E-state index in [1.807, 2.05) is 54.6 Å². The molecule has 1 N–H and O–H groups in total. The maximum atomic E-state index is 13.2. The Labute approximate surface area is 189 Å². The molecule has 0 aliphatic rings. The number of hydrogen-bond acceptors (Lipinski definition) is 5. The standard InChI is InChI=1S/C26H19N5O2/c27-14-18-8-10-19(11-9-18)15-28-26(32)22-13-24(20-5-2-1-3-6-20)30-25-23(22)16-29-31(25)17-21-7-4-12-33-21/h1-13,16H,15,17H2,(H,28,32). The molecular weight excluding hydrogens is 414 g/mol. The minimum atomic E-state index is -0.221. The Morgan fingerprint density at radius 1 is 1.06 bits per heavy atom. The second-order valence-corrected chi connectivity index (χ2v) is 7.53. The fourth-order valence-corrected chi connectivity index (χ4v) is 3.63. The zero-order chi connectivity index (χ0) is 22.6. The highest BCUT2D eigenvalue weighted by atomic mass is 16.3. The van der Waals surface area contributed by atoms with Crippen LogP contribution in [0.1, 0.15) is 27.2 Å². The smallest absolute Gasteiger partial charge is 0.252 e. The van der Waals surface area contributed by atoms with Crippen molar-refractivity contribution < 1.29 is 9.21 Å². The summed E-state index contributed by atoms with van der Waals surface area (Å²) in [4.78, 5) is 18.0. The molecule has 5 rings (SSSR count). The molecule has 0 fully saturated rings. The summed E-state index contributed by atoms with van der Waals surface area (Å²) in [6.07, 6.45) is 3.28. The number of nitrogens with zero attached hydrogens (tertiary/aromatic N) is 4. The topological polar surface area (TPSA) is 96.7 Å². The first-order valence-corrected chi connectivity index (χ1v) is 10.4. The van der Waals surface area contributed by atoms with Crippen LogP contribution in [0.2, 0.25) is 0 Å². The van der Waals surface area contributed by atoms with E-state index in [9.17, 15) is 4.79 Å². The van der Waals surface area contributed by atoms with Gasteiger partial charge in [0.05, 0.1) is 40.7 Å². The number of rotatable bonds is 6. The summed E-state index contributed by atoms with van der Waals surface area (Å²) in [5.74, 6) is 0.528. The monoisotopic (exact) mass is 433 g/mol. The molecule has 1 amide bonds. The molecule has 3 aromatic heterocycles. The van der Waals surface area contributed by atoms with Crippen LogP contribution < -0.4 is 5.32 Å². The number of aromatic nitrogens is 3. The van der Waals surface area contributed by atoms with Gasteiger partial charge in [0.2, 0.25) is 0 Å². The first-order chi connectivity index (χ1) is 16.2. The Bertz CT molecular complexity index is 1450. The van der Waals surface area contributed by atoms with E-state index in [0.29, 0.717) is 40.9 Å². The van der Waals surface area contributed by atoms with E-state index in [2.05, 4.69) is 16.5 Å². The third-order valence-electron chi connectivity index (χ3n) is 5.35. The van der Waals surface area contributed by atoms with Crippen molar-refractivity contribution in [2.75, 3.05) is 0 Å². The van der Waals surface area contributed by atoms with Gasteiger partial charge in [0.25, 0.3) is 5.91 Å². The number of furan rings is 1. The summed E-state index contributed by atoms with van der Waals surface area (Å²) in [6, 6.07) is 24.5. The van der Waals surface area contributed by atoms with Gasteiger partial charge >= 0.3 is 0 Å². The van der Waals surface area contributed by atoms with E-state index in [1.54, 1.807) is 35.3 Å². The van der Waals surface area contributed by atoms with Crippen molar-refractivity contribution in [3.63, 3.8) is 0 Å². The van der Waals surface area contributed by atoms with Gasteiger partial charge in [-0.25, -0.2) is 9.67 Å². The maximum absolute atomic E-state index is 13.2. The predicted molar refractivity (Wildman–Crippen MR) is 123 cm³/mol.